The fourth-order valence-corrected chi connectivity index (χ4v) is 5.27. The minimum Gasteiger partial charge on any atom is -0.0914 e. The molecule has 2 saturated carbocycles. The third-order valence-electron chi connectivity index (χ3n) is 6.60. The smallest absolute Gasteiger partial charge is 0.0595 e. The normalized spacial score (nSPS) is 30.7. The molecule has 3 rings (SSSR count). The summed E-state index contributed by atoms with van der Waals surface area (Å²) in [5.74, 6) is 3.49. The Hall–Kier alpha value is -0.460. The second-order valence-electron chi connectivity index (χ2n) is 8.28. The monoisotopic (exact) mass is 378 g/mol. The van der Waals surface area contributed by atoms with Crippen molar-refractivity contribution in [1.82, 2.24) is 0 Å². The van der Waals surface area contributed by atoms with Crippen LogP contribution in [0.1, 0.15) is 82.6 Å². The van der Waals surface area contributed by atoms with Gasteiger partial charge >= 0.3 is 0 Å². The van der Waals surface area contributed by atoms with E-state index in [4.69, 9.17) is 23.2 Å². The predicted octanol–water partition coefficient (Wildman–Crippen LogP) is 8.43. The lowest BCUT2D eigenvalue weighted by atomic mass is 9.74. The Morgan fingerprint density at radius 2 is 1.44 bits per heavy atom. The Kier molecular flexibility index (Phi) is 7.31. The first-order valence-corrected chi connectivity index (χ1v) is 11.0. The Bertz CT molecular complexity index is 561. The van der Waals surface area contributed by atoms with Crippen LogP contribution in [-0.4, -0.2) is 0 Å². The summed E-state index contributed by atoms with van der Waals surface area (Å²) in [6, 6.07) is 6.20. The van der Waals surface area contributed by atoms with E-state index in [0.29, 0.717) is 16.0 Å². The number of hydrogen-bond donors (Lipinski definition) is 0. The zero-order valence-corrected chi connectivity index (χ0v) is 17.0. The Balaban J connectivity index is 1.39. The van der Waals surface area contributed by atoms with Crippen LogP contribution < -0.4 is 0 Å². The van der Waals surface area contributed by atoms with E-state index in [-0.39, 0.29) is 0 Å². The third-order valence-corrected chi connectivity index (χ3v) is 7.34. The van der Waals surface area contributed by atoms with E-state index in [1.54, 1.807) is 0 Å². The van der Waals surface area contributed by atoms with E-state index in [1.165, 1.54) is 69.8 Å². The maximum Gasteiger partial charge on any atom is 0.0595 e. The molecule has 0 atom stereocenters. The number of halogens is 2. The van der Waals surface area contributed by atoms with Crippen molar-refractivity contribution in [1.29, 1.82) is 0 Å². The molecule has 2 aliphatic carbocycles. The highest BCUT2D eigenvalue weighted by atomic mass is 35.5. The van der Waals surface area contributed by atoms with Gasteiger partial charge in [0, 0.05) is 0 Å². The van der Waals surface area contributed by atoms with E-state index in [0.717, 1.165) is 17.8 Å². The highest BCUT2D eigenvalue weighted by Gasteiger charge is 2.25. The summed E-state index contributed by atoms with van der Waals surface area (Å²) in [4.78, 5) is 0. The van der Waals surface area contributed by atoms with Gasteiger partial charge < -0.3 is 0 Å². The minimum absolute atomic E-state index is 0.670. The maximum absolute atomic E-state index is 6.19. The lowest BCUT2D eigenvalue weighted by Crippen LogP contribution is -2.17. The molecule has 1 aromatic rings. The molecule has 138 valence electrons. The van der Waals surface area contributed by atoms with E-state index in [2.05, 4.69) is 31.2 Å². The van der Waals surface area contributed by atoms with Gasteiger partial charge in [-0.1, -0.05) is 54.3 Å². The molecular formula is C23H32Cl2. The molecule has 0 bridgehead atoms. The van der Waals surface area contributed by atoms with Crippen molar-refractivity contribution in [3.05, 3.63) is 46.0 Å². The van der Waals surface area contributed by atoms with E-state index in [1.807, 2.05) is 6.07 Å². The van der Waals surface area contributed by atoms with Gasteiger partial charge in [-0.15, -0.1) is 0 Å². The van der Waals surface area contributed by atoms with Gasteiger partial charge in [-0.25, -0.2) is 0 Å². The molecule has 0 spiro atoms. The van der Waals surface area contributed by atoms with Crippen molar-refractivity contribution in [2.75, 3.05) is 0 Å². The van der Waals surface area contributed by atoms with Crippen LogP contribution in [0, 0.1) is 17.8 Å². The number of hydrogen-bond acceptors (Lipinski definition) is 0. The van der Waals surface area contributed by atoms with Crippen LogP contribution in [0.3, 0.4) is 0 Å². The Labute approximate surface area is 164 Å². The topological polar surface area (TPSA) is 0 Å². The summed E-state index contributed by atoms with van der Waals surface area (Å²) in [5.41, 5.74) is 1.38. The third kappa shape index (κ3) is 5.51. The van der Waals surface area contributed by atoms with Gasteiger partial charge in [-0.05, 0) is 99.7 Å². The first-order valence-electron chi connectivity index (χ1n) is 10.2. The molecule has 2 aliphatic rings. The van der Waals surface area contributed by atoms with Crippen molar-refractivity contribution >= 4 is 23.2 Å². The minimum atomic E-state index is 0.670. The van der Waals surface area contributed by atoms with Gasteiger partial charge in [0.05, 0.1) is 10.0 Å². The first kappa shape index (κ1) is 19.3. The molecule has 2 fully saturated rings. The summed E-state index contributed by atoms with van der Waals surface area (Å²) >= 11 is 12.2. The molecular weight excluding hydrogens is 347 g/mol. The molecule has 0 unspecified atom stereocenters. The van der Waals surface area contributed by atoms with E-state index < -0.39 is 0 Å². The molecule has 2 heteroatoms. The van der Waals surface area contributed by atoms with Gasteiger partial charge in [0.25, 0.3) is 0 Å². The van der Waals surface area contributed by atoms with Crippen LogP contribution in [-0.2, 0) is 0 Å². The standard InChI is InChI=1S/C23H32Cl2/c1-2-3-17-4-6-18(7-5-17)8-9-19-10-12-20(13-11-19)21-14-15-22(24)23(25)16-21/h2-3,14-20H,4-13H2,1H3/b3-2+. The van der Waals surface area contributed by atoms with Gasteiger partial charge in [0.2, 0.25) is 0 Å². The number of allylic oxidation sites excluding steroid dienone is 2. The zero-order chi connectivity index (χ0) is 17.6. The summed E-state index contributed by atoms with van der Waals surface area (Å²) < 4.78 is 0. The van der Waals surface area contributed by atoms with Crippen LogP contribution in [0.2, 0.25) is 10.0 Å². The SMILES string of the molecule is C/C=C/C1CCC(CCC2CCC(c3ccc(Cl)c(Cl)c3)CC2)CC1. The maximum atomic E-state index is 6.19. The number of benzene rings is 1. The number of rotatable bonds is 5. The second kappa shape index (κ2) is 9.47. The molecule has 0 radical (unpaired) electrons. The average molecular weight is 379 g/mol. The van der Waals surface area contributed by atoms with Crippen molar-refractivity contribution in [3.63, 3.8) is 0 Å². The molecule has 0 N–H and O–H groups in total. The lowest BCUT2D eigenvalue weighted by molar-refractivity contribution is 0.246. The fraction of sp³-hybridized carbons (Fsp3) is 0.652. The van der Waals surface area contributed by atoms with Gasteiger partial charge in [0.1, 0.15) is 0 Å². The Morgan fingerprint density at radius 1 is 0.840 bits per heavy atom. The summed E-state index contributed by atoms with van der Waals surface area (Å²) in [5, 5.41) is 1.37. The van der Waals surface area contributed by atoms with Crippen LogP contribution in [0.5, 0.6) is 0 Å². The molecule has 0 heterocycles. The summed E-state index contributed by atoms with van der Waals surface area (Å²) in [6.07, 6.45) is 18.7. The van der Waals surface area contributed by atoms with Crippen molar-refractivity contribution in [3.8, 4) is 0 Å². The van der Waals surface area contributed by atoms with Crippen LogP contribution >= 0.6 is 23.2 Å². The molecule has 0 amide bonds. The van der Waals surface area contributed by atoms with Crippen LogP contribution in [0.25, 0.3) is 0 Å². The van der Waals surface area contributed by atoms with Gasteiger partial charge in [-0.2, -0.15) is 0 Å². The molecule has 0 aromatic heterocycles. The quantitative estimate of drug-likeness (QED) is 0.450. The molecule has 0 aliphatic heterocycles. The van der Waals surface area contributed by atoms with E-state index >= 15 is 0 Å². The highest BCUT2D eigenvalue weighted by Crippen LogP contribution is 2.40. The molecule has 25 heavy (non-hydrogen) atoms. The molecule has 0 nitrogen and oxygen atoms in total. The Morgan fingerprint density at radius 3 is 2.00 bits per heavy atom. The largest absolute Gasteiger partial charge is 0.0914 e. The van der Waals surface area contributed by atoms with Crippen LogP contribution in [0.15, 0.2) is 30.4 Å². The molecule has 1 aromatic carbocycles. The van der Waals surface area contributed by atoms with E-state index in [9.17, 15) is 0 Å². The lowest BCUT2D eigenvalue weighted by Gasteiger charge is -2.31. The van der Waals surface area contributed by atoms with Crippen molar-refractivity contribution in [2.45, 2.75) is 77.0 Å². The van der Waals surface area contributed by atoms with Gasteiger partial charge in [0.15, 0.2) is 0 Å². The average Bonchev–Trinajstić information content (AvgIpc) is 2.64. The molecule has 0 saturated heterocycles. The first-order chi connectivity index (χ1) is 12.2. The highest BCUT2D eigenvalue weighted by molar-refractivity contribution is 6.42. The zero-order valence-electron chi connectivity index (χ0n) is 15.5. The fourth-order valence-electron chi connectivity index (χ4n) is 4.96. The predicted molar refractivity (Wildman–Crippen MR) is 111 cm³/mol. The van der Waals surface area contributed by atoms with Crippen LogP contribution in [0.4, 0.5) is 0 Å². The summed E-state index contributed by atoms with van der Waals surface area (Å²) in [6.45, 7) is 2.15. The second-order valence-corrected chi connectivity index (χ2v) is 9.09. The summed E-state index contributed by atoms with van der Waals surface area (Å²) in [7, 11) is 0. The van der Waals surface area contributed by atoms with Gasteiger partial charge in [-0.3, -0.25) is 0 Å². The van der Waals surface area contributed by atoms with Crippen molar-refractivity contribution in [2.24, 2.45) is 17.8 Å². The van der Waals surface area contributed by atoms with Crippen molar-refractivity contribution < 1.29 is 0 Å².